The third-order valence-corrected chi connectivity index (χ3v) is 2.25. The number of carbonyl (C=O) groups excluding carboxylic acids is 1. The van der Waals surface area contributed by atoms with Crippen LogP contribution >= 0.6 is 0 Å². The van der Waals surface area contributed by atoms with Crippen LogP contribution in [0.3, 0.4) is 0 Å². The number of hydrogen-bond donors (Lipinski definition) is 2. The molecule has 1 rings (SSSR count). The molecule has 0 aliphatic carbocycles. The number of pyridine rings is 1. The van der Waals surface area contributed by atoms with Gasteiger partial charge in [-0.15, -0.1) is 0 Å². The van der Waals surface area contributed by atoms with Gasteiger partial charge >= 0.3 is 0 Å². The predicted molar refractivity (Wildman–Crippen MR) is 66.4 cm³/mol. The molecule has 1 aromatic heterocycles. The number of nitrogens with zero attached hydrogens (tertiary/aromatic N) is 2. The van der Waals surface area contributed by atoms with Gasteiger partial charge in [0.1, 0.15) is 5.82 Å². The highest BCUT2D eigenvalue weighted by Crippen LogP contribution is 2.13. The number of aliphatic hydroxyl groups excluding tert-OH is 1. The second kappa shape index (κ2) is 6.20. The number of rotatable bonds is 6. The van der Waals surface area contributed by atoms with Gasteiger partial charge in [-0.05, 0) is 17.5 Å². The summed E-state index contributed by atoms with van der Waals surface area (Å²) in [6.07, 6.45) is 1.60. The summed E-state index contributed by atoms with van der Waals surface area (Å²) in [6, 6.07) is 3.58. The van der Waals surface area contributed by atoms with Crippen LogP contribution in [0.15, 0.2) is 18.3 Å². The van der Waals surface area contributed by atoms with E-state index in [1.165, 1.54) is 0 Å². The van der Waals surface area contributed by atoms with Gasteiger partial charge in [0.25, 0.3) is 0 Å². The first kappa shape index (κ1) is 13.4. The Balaban J connectivity index is 2.83. The van der Waals surface area contributed by atoms with E-state index in [4.69, 9.17) is 10.8 Å². The Bertz CT molecular complexity index is 363. The van der Waals surface area contributed by atoms with Crippen LogP contribution in [0, 0.1) is 5.92 Å². The number of amides is 1. The van der Waals surface area contributed by atoms with Crippen LogP contribution in [0.1, 0.15) is 19.4 Å². The van der Waals surface area contributed by atoms with E-state index >= 15 is 0 Å². The summed E-state index contributed by atoms with van der Waals surface area (Å²) in [7, 11) is 0. The van der Waals surface area contributed by atoms with Crippen molar-refractivity contribution in [2.24, 2.45) is 11.7 Å². The quantitative estimate of drug-likeness (QED) is 0.756. The molecule has 17 heavy (non-hydrogen) atoms. The lowest BCUT2D eigenvalue weighted by Gasteiger charge is -2.24. The van der Waals surface area contributed by atoms with Crippen LogP contribution in [-0.2, 0) is 11.4 Å². The molecule has 0 atom stereocenters. The maximum absolute atomic E-state index is 11.0. The highest BCUT2D eigenvalue weighted by Gasteiger charge is 2.12. The normalized spacial score (nSPS) is 10.6. The lowest BCUT2D eigenvalue weighted by atomic mass is 10.2. The average Bonchev–Trinajstić information content (AvgIpc) is 2.27. The Labute approximate surface area is 101 Å². The fourth-order valence-corrected chi connectivity index (χ4v) is 1.57. The highest BCUT2D eigenvalue weighted by molar-refractivity contribution is 5.79. The summed E-state index contributed by atoms with van der Waals surface area (Å²) >= 11 is 0. The van der Waals surface area contributed by atoms with Crippen molar-refractivity contribution < 1.29 is 9.90 Å². The molecule has 1 heterocycles. The molecule has 0 aromatic carbocycles. The van der Waals surface area contributed by atoms with Gasteiger partial charge in [0, 0.05) is 12.7 Å². The Hall–Kier alpha value is -1.62. The fraction of sp³-hybridized carbons (Fsp3) is 0.500. The number of aromatic nitrogens is 1. The van der Waals surface area contributed by atoms with E-state index in [1.54, 1.807) is 18.3 Å². The summed E-state index contributed by atoms with van der Waals surface area (Å²) in [5.41, 5.74) is 5.96. The molecule has 0 aliphatic heterocycles. The van der Waals surface area contributed by atoms with Crippen LogP contribution in [0.5, 0.6) is 0 Å². The fourth-order valence-electron chi connectivity index (χ4n) is 1.57. The summed E-state index contributed by atoms with van der Waals surface area (Å²) in [4.78, 5) is 17.1. The molecule has 0 unspecified atom stereocenters. The monoisotopic (exact) mass is 237 g/mol. The van der Waals surface area contributed by atoms with E-state index in [1.807, 2.05) is 4.90 Å². The van der Waals surface area contributed by atoms with E-state index in [0.29, 0.717) is 18.3 Å². The Morgan fingerprint density at radius 3 is 2.65 bits per heavy atom. The van der Waals surface area contributed by atoms with Gasteiger partial charge in [0.15, 0.2) is 0 Å². The average molecular weight is 237 g/mol. The molecule has 1 amide bonds. The molecule has 0 spiro atoms. The van der Waals surface area contributed by atoms with Crippen LogP contribution in [0.25, 0.3) is 0 Å². The van der Waals surface area contributed by atoms with Gasteiger partial charge in [-0.3, -0.25) is 4.79 Å². The molecular formula is C12H19N3O2. The van der Waals surface area contributed by atoms with E-state index in [9.17, 15) is 4.79 Å². The van der Waals surface area contributed by atoms with Gasteiger partial charge in [-0.2, -0.15) is 0 Å². The molecule has 5 nitrogen and oxygen atoms in total. The SMILES string of the molecule is CC(C)CN(CC(N)=O)c1ccc(CO)cn1. The molecule has 0 saturated heterocycles. The molecule has 3 N–H and O–H groups in total. The molecule has 0 bridgehead atoms. The number of carbonyl (C=O) groups is 1. The first-order valence-corrected chi connectivity index (χ1v) is 5.62. The number of aliphatic hydroxyl groups is 1. The van der Waals surface area contributed by atoms with Crippen molar-refractivity contribution in [2.75, 3.05) is 18.0 Å². The molecule has 5 heteroatoms. The van der Waals surface area contributed by atoms with Gasteiger partial charge in [0.2, 0.25) is 5.91 Å². The van der Waals surface area contributed by atoms with Crippen molar-refractivity contribution in [1.82, 2.24) is 4.98 Å². The maximum atomic E-state index is 11.0. The van der Waals surface area contributed by atoms with Gasteiger partial charge in [0.05, 0.1) is 13.2 Å². The van der Waals surface area contributed by atoms with Gasteiger partial charge in [-0.25, -0.2) is 4.98 Å². The lowest BCUT2D eigenvalue weighted by Crippen LogP contribution is -2.36. The van der Waals surface area contributed by atoms with E-state index in [0.717, 1.165) is 5.56 Å². The van der Waals surface area contributed by atoms with Crippen LogP contribution in [-0.4, -0.2) is 29.1 Å². The third-order valence-electron chi connectivity index (χ3n) is 2.25. The molecule has 0 saturated carbocycles. The van der Waals surface area contributed by atoms with Crippen molar-refractivity contribution >= 4 is 11.7 Å². The first-order chi connectivity index (χ1) is 8.02. The number of anilines is 1. The molecule has 0 fully saturated rings. The van der Waals surface area contributed by atoms with Crippen LogP contribution in [0.4, 0.5) is 5.82 Å². The molecular weight excluding hydrogens is 218 g/mol. The van der Waals surface area contributed by atoms with Crippen LogP contribution in [0.2, 0.25) is 0 Å². The molecule has 0 aliphatic rings. The number of primary amides is 1. The number of nitrogens with two attached hydrogens (primary N) is 1. The Morgan fingerprint density at radius 1 is 1.53 bits per heavy atom. The van der Waals surface area contributed by atoms with Crippen molar-refractivity contribution in [3.8, 4) is 0 Å². The lowest BCUT2D eigenvalue weighted by molar-refractivity contribution is -0.116. The zero-order valence-corrected chi connectivity index (χ0v) is 10.3. The zero-order chi connectivity index (χ0) is 12.8. The minimum Gasteiger partial charge on any atom is -0.392 e. The second-order valence-corrected chi connectivity index (χ2v) is 4.42. The molecule has 0 radical (unpaired) electrons. The summed E-state index contributed by atoms with van der Waals surface area (Å²) in [6.45, 7) is 4.97. The second-order valence-electron chi connectivity index (χ2n) is 4.42. The Morgan fingerprint density at radius 2 is 2.24 bits per heavy atom. The number of hydrogen-bond acceptors (Lipinski definition) is 4. The maximum Gasteiger partial charge on any atom is 0.236 e. The first-order valence-electron chi connectivity index (χ1n) is 5.62. The Kier molecular flexibility index (Phi) is 4.90. The largest absolute Gasteiger partial charge is 0.392 e. The van der Waals surface area contributed by atoms with Crippen LogP contribution < -0.4 is 10.6 Å². The summed E-state index contributed by atoms with van der Waals surface area (Å²) in [5, 5.41) is 8.93. The standard InChI is InChI=1S/C12H19N3O2/c1-9(2)6-15(7-11(13)17)12-4-3-10(8-16)5-14-12/h3-5,9,16H,6-8H2,1-2H3,(H2,13,17). The van der Waals surface area contributed by atoms with Crippen molar-refractivity contribution in [1.29, 1.82) is 0 Å². The van der Waals surface area contributed by atoms with Crippen molar-refractivity contribution in [3.63, 3.8) is 0 Å². The van der Waals surface area contributed by atoms with Crippen molar-refractivity contribution in [2.45, 2.75) is 20.5 Å². The topological polar surface area (TPSA) is 79.5 Å². The summed E-state index contributed by atoms with van der Waals surface area (Å²) < 4.78 is 0. The molecule has 1 aromatic rings. The van der Waals surface area contributed by atoms with E-state index in [-0.39, 0.29) is 19.1 Å². The summed E-state index contributed by atoms with van der Waals surface area (Å²) in [5.74, 6) is 0.738. The smallest absolute Gasteiger partial charge is 0.236 e. The minimum absolute atomic E-state index is 0.0344. The predicted octanol–water partition coefficient (Wildman–Crippen LogP) is 0.522. The van der Waals surface area contributed by atoms with Gasteiger partial charge < -0.3 is 15.7 Å². The molecule has 94 valence electrons. The van der Waals surface area contributed by atoms with Gasteiger partial charge in [-0.1, -0.05) is 19.9 Å². The minimum atomic E-state index is -0.376. The highest BCUT2D eigenvalue weighted by atomic mass is 16.3. The third kappa shape index (κ3) is 4.40. The zero-order valence-electron chi connectivity index (χ0n) is 10.3. The van der Waals surface area contributed by atoms with E-state index in [2.05, 4.69) is 18.8 Å². The van der Waals surface area contributed by atoms with Crippen molar-refractivity contribution in [3.05, 3.63) is 23.9 Å². The van der Waals surface area contributed by atoms with E-state index < -0.39 is 0 Å².